The molecule has 0 saturated carbocycles. The first-order chi connectivity index (χ1) is 24.2. The maximum absolute atomic E-state index is 12.7. The van der Waals surface area contributed by atoms with Crippen LogP contribution < -0.4 is 0 Å². The first kappa shape index (κ1) is 26.4. The van der Waals surface area contributed by atoms with Crippen molar-refractivity contribution in [3.8, 4) is 22.5 Å². The van der Waals surface area contributed by atoms with Crippen molar-refractivity contribution in [1.82, 2.24) is 9.97 Å². The fourth-order valence-corrected chi connectivity index (χ4v) is 5.63. The number of fused-ring (bicyclic) bond motifs is 6. The molecule has 5 heteroatoms. The van der Waals surface area contributed by atoms with E-state index in [1.165, 1.54) is 40.6 Å². The first-order valence-corrected chi connectivity index (χ1v) is 15.0. The number of nitrogens with zero attached hydrogens (tertiary/aromatic N) is 2. The third kappa shape index (κ3) is 6.88. The Labute approximate surface area is 294 Å². The zero-order valence-electron chi connectivity index (χ0n) is 31.0. The van der Waals surface area contributed by atoms with Gasteiger partial charge >= 0.3 is 0 Å². The molecule has 0 unspecified atom stereocenters. The van der Waals surface area contributed by atoms with Gasteiger partial charge < -0.3 is 14.4 Å². The Kier molecular flexibility index (Phi) is 7.40. The summed E-state index contributed by atoms with van der Waals surface area (Å²) in [6, 6.07) is 37.7. The first-order valence-electron chi connectivity index (χ1n) is 17.5. The van der Waals surface area contributed by atoms with E-state index in [-0.39, 0.29) is 31.5 Å². The summed E-state index contributed by atoms with van der Waals surface area (Å²) < 4.78 is 58.1. The van der Waals surface area contributed by atoms with E-state index in [2.05, 4.69) is 70.6 Å². The van der Waals surface area contributed by atoms with Gasteiger partial charge in [-0.05, 0) is 75.3 Å². The largest absolute Gasteiger partial charge is 0.501 e. The second kappa shape index (κ2) is 13.2. The van der Waals surface area contributed by atoms with Gasteiger partial charge in [-0.1, -0.05) is 91.9 Å². The van der Waals surface area contributed by atoms with Crippen LogP contribution in [0.4, 0.5) is 4.39 Å². The van der Waals surface area contributed by atoms with Crippen LogP contribution >= 0.6 is 0 Å². The zero-order valence-corrected chi connectivity index (χ0v) is 28.4. The van der Waals surface area contributed by atoms with E-state index in [1.807, 2.05) is 39.0 Å². The Morgan fingerprint density at radius 1 is 0.809 bits per heavy atom. The van der Waals surface area contributed by atoms with E-state index in [0.29, 0.717) is 22.5 Å². The molecule has 0 saturated heterocycles. The molecular weight excluding hydrogens is 760 g/mol. The fourth-order valence-electron chi connectivity index (χ4n) is 5.63. The van der Waals surface area contributed by atoms with Gasteiger partial charge in [0, 0.05) is 50.6 Å². The smallest absolute Gasteiger partial charge is 0.121 e. The minimum Gasteiger partial charge on any atom is -0.501 e. The average molecular weight is 798 g/mol. The summed E-state index contributed by atoms with van der Waals surface area (Å²) in [6.45, 7) is 3.58. The minimum atomic E-state index is -2.15. The zero-order chi connectivity index (χ0) is 36.1. The molecule has 0 bridgehead atoms. The second-order valence-electron chi connectivity index (χ2n) is 12.2. The molecule has 0 amide bonds. The maximum atomic E-state index is 12.7. The van der Waals surface area contributed by atoms with E-state index in [4.69, 9.17) is 11.3 Å². The molecule has 0 atom stereocenters. The average Bonchev–Trinajstić information content (AvgIpc) is 3.48. The number of aryl methyl sites for hydroxylation is 1. The van der Waals surface area contributed by atoms with Crippen LogP contribution in [-0.2, 0) is 26.5 Å². The van der Waals surface area contributed by atoms with Crippen molar-refractivity contribution in [2.75, 3.05) is 0 Å². The SMILES string of the molecule is [2H]C([2H])([2H])c1ccc(-c2[c-]cc(F)cc2)nc1.[2H]C([2H])(c1ccnc(-c2[c-]ccc3c2oc2cc4c(ccc5ccccc54)cc23)c1)C(C)(C)C.[Ir]. The molecule has 1 radical (unpaired) electrons. The van der Waals surface area contributed by atoms with E-state index < -0.39 is 18.6 Å². The quantitative estimate of drug-likeness (QED) is 0.132. The molecule has 5 aromatic carbocycles. The van der Waals surface area contributed by atoms with Crippen LogP contribution in [-0.4, -0.2) is 9.97 Å². The summed E-state index contributed by atoms with van der Waals surface area (Å²) >= 11 is 0. The Bertz CT molecular complexity index is 2540. The van der Waals surface area contributed by atoms with Crippen LogP contribution in [0.3, 0.4) is 0 Å². The topological polar surface area (TPSA) is 38.9 Å². The third-order valence-corrected chi connectivity index (χ3v) is 7.65. The summed E-state index contributed by atoms with van der Waals surface area (Å²) in [5.41, 5.74) is 4.37. The van der Waals surface area contributed by atoms with Crippen molar-refractivity contribution in [1.29, 1.82) is 0 Å². The van der Waals surface area contributed by atoms with Gasteiger partial charge in [-0.25, -0.2) is 0 Å². The van der Waals surface area contributed by atoms with Crippen LogP contribution in [0.5, 0.6) is 0 Å². The van der Waals surface area contributed by atoms with E-state index in [0.717, 1.165) is 32.9 Å². The molecule has 3 heterocycles. The standard InChI is InChI=1S/C30H24NO.C12H9FN.Ir/c1-30(2,3)18-19-13-14-31-27(15-19)24-10-6-9-23-26-16-21-12-11-20-7-4-5-8-22(20)25(21)17-28(26)32-29(23)24;1-9-2-7-12(14-8-9)10-3-5-11(13)6-4-10;/h4-9,11-17H,18H2,1-3H3;2-3,5-8H,1H3;/q2*-1;/i18D2;1D3;. The third-order valence-electron chi connectivity index (χ3n) is 7.65. The molecule has 0 aliphatic rings. The summed E-state index contributed by atoms with van der Waals surface area (Å²) in [7, 11) is 0. The van der Waals surface area contributed by atoms with Crippen LogP contribution in [0, 0.1) is 30.2 Å². The molecule has 8 rings (SSSR count). The number of hydrogen-bond acceptors (Lipinski definition) is 3. The number of benzene rings is 5. The number of furan rings is 1. The van der Waals surface area contributed by atoms with Gasteiger partial charge in [-0.15, -0.1) is 48.0 Å². The summed E-state index contributed by atoms with van der Waals surface area (Å²) in [6.07, 6.45) is 1.47. The summed E-state index contributed by atoms with van der Waals surface area (Å²) in [5, 5.41) is 6.79. The number of hydrogen-bond donors (Lipinski definition) is 0. The molecule has 3 aromatic heterocycles. The molecule has 3 nitrogen and oxygen atoms in total. The predicted octanol–water partition coefficient (Wildman–Crippen LogP) is 11.3. The van der Waals surface area contributed by atoms with E-state index in [1.54, 1.807) is 24.4 Å². The van der Waals surface area contributed by atoms with Crippen molar-refractivity contribution >= 4 is 43.5 Å². The van der Waals surface area contributed by atoms with E-state index >= 15 is 0 Å². The van der Waals surface area contributed by atoms with Gasteiger partial charge in [0.25, 0.3) is 0 Å². The molecular formula is C42H33FIrN2O-2. The van der Waals surface area contributed by atoms with E-state index in [9.17, 15) is 4.39 Å². The monoisotopic (exact) mass is 798 g/mol. The molecule has 0 N–H and O–H groups in total. The van der Waals surface area contributed by atoms with Crippen molar-refractivity contribution < 1.29 is 35.8 Å². The molecule has 47 heavy (non-hydrogen) atoms. The molecule has 8 aromatic rings. The van der Waals surface area contributed by atoms with Gasteiger partial charge in [0.2, 0.25) is 0 Å². The van der Waals surface area contributed by atoms with Crippen LogP contribution in [0.15, 0.2) is 120 Å². The van der Waals surface area contributed by atoms with Crippen LogP contribution in [0.1, 0.15) is 38.8 Å². The molecule has 0 aliphatic heterocycles. The summed E-state index contributed by atoms with van der Waals surface area (Å²) in [5.74, 6) is -0.368. The fraction of sp³-hybridized carbons (Fsp3) is 0.143. The number of halogens is 1. The van der Waals surface area contributed by atoms with Gasteiger partial charge in [-0.3, -0.25) is 4.39 Å². The van der Waals surface area contributed by atoms with Crippen LogP contribution in [0.25, 0.3) is 66.0 Å². The normalized spacial score (nSPS) is 13.6. The Morgan fingerprint density at radius 2 is 1.66 bits per heavy atom. The Morgan fingerprint density at radius 3 is 2.43 bits per heavy atom. The maximum Gasteiger partial charge on any atom is 0.121 e. The Balaban J connectivity index is 0.000000218. The minimum absolute atomic E-state index is 0. The van der Waals surface area contributed by atoms with Crippen molar-refractivity contribution in [3.63, 3.8) is 0 Å². The number of pyridine rings is 2. The number of rotatable bonds is 3. The molecule has 0 spiro atoms. The van der Waals surface area contributed by atoms with Gasteiger partial charge in [0.15, 0.2) is 0 Å². The van der Waals surface area contributed by atoms with Gasteiger partial charge in [-0.2, -0.15) is 0 Å². The molecule has 235 valence electrons. The second-order valence-corrected chi connectivity index (χ2v) is 12.2. The Hall–Kier alpha value is -4.70. The molecule has 0 aliphatic carbocycles. The summed E-state index contributed by atoms with van der Waals surface area (Å²) in [4.78, 5) is 8.59. The van der Waals surface area contributed by atoms with Gasteiger partial charge in [0.05, 0.1) is 5.58 Å². The van der Waals surface area contributed by atoms with Crippen LogP contribution in [0.2, 0.25) is 0 Å². The molecule has 0 fully saturated rings. The van der Waals surface area contributed by atoms with Gasteiger partial charge in [0.1, 0.15) is 5.58 Å². The van der Waals surface area contributed by atoms with Crippen molar-refractivity contribution in [3.05, 3.63) is 145 Å². The predicted molar refractivity (Wildman–Crippen MR) is 187 cm³/mol. The van der Waals surface area contributed by atoms with Crippen molar-refractivity contribution in [2.45, 2.75) is 34.0 Å². The number of aromatic nitrogens is 2. The van der Waals surface area contributed by atoms with Crippen molar-refractivity contribution in [2.24, 2.45) is 5.41 Å².